The van der Waals surface area contributed by atoms with Crippen LogP contribution in [0.5, 0.6) is 5.88 Å². The monoisotopic (exact) mass is 371 g/mol. The second-order valence-corrected chi connectivity index (χ2v) is 6.40. The molecule has 2 aromatic carbocycles. The second kappa shape index (κ2) is 8.81. The maximum atomic E-state index is 5.73. The van der Waals surface area contributed by atoms with Crippen molar-refractivity contribution >= 4 is 5.82 Å². The Balaban J connectivity index is 1.31. The lowest BCUT2D eigenvalue weighted by molar-refractivity contribution is 0.293. The van der Waals surface area contributed by atoms with E-state index < -0.39 is 0 Å². The van der Waals surface area contributed by atoms with Gasteiger partial charge in [-0.2, -0.15) is 10.1 Å². The highest BCUT2D eigenvalue weighted by Gasteiger charge is 2.03. The van der Waals surface area contributed by atoms with Gasteiger partial charge in [-0.15, -0.1) is 0 Å². The van der Waals surface area contributed by atoms with E-state index >= 15 is 0 Å². The molecule has 0 spiro atoms. The minimum Gasteiger partial charge on any atom is -0.472 e. The fourth-order valence-corrected chi connectivity index (χ4v) is 2.78. The maximum absolute atomic E-state index is 5.73. The van der Waals surface area contributed by atoms with E-state index in [4.69, 9.17) is 4.74 Å². The number of rotatable bonds is 8. The van der Waals surface area contributed by atoms with E-state index in [2.05, 4.69) is 32.5 Å². The van der Waals surface area contributed by atoms with Gasteiger partial charge in [0, 0.05) is 18.3 Å². The summed E-state index contributed by atoms with van der Waals surface area (Å²) in [6.07, 6.45) is 7.19. The number of anilines is 1. The topological polar surface area (TPSA) is 64.9 Å². The van der Waals surface area contributed by atoms with Gasteiger partial charge in [0.15, 0.2) is 0 Å². The number of nitrogens with one attached hydrogen (secondary N) is 1. The number of hydrogen-bond donors (Lipinski definition) is 1. The van der Waals surface area contributed by atoms with Gasteiger partial charge in [-0.1, -0.05) is 60.7 Å². The molecule has 0 bridgehead atoms. The first-order valence-corrected chi connectivity index (χ1v) is 9.13. The quantitative estimate of drug-likeness (QED) is 0.509. The highest BCUT2D eigenvalue weighted by atomic mass is 16.5. The first kappa shape index (κ1) is 17.7. The van der Waals surface area contributed by atoms with Crippen LogP contribution in [0.25, 0.3) is 0 Å². The number of nitrogens with zero attached hydrogens (tertiary/aromatic N) is 4. The van der Waals surface area contributed by atoms with Crippen molar-refractivity contribution in [3.05, 3.63) is 102 Å². The van der Waals surface area contributed by atoms with Gasteiger partial charge in [-0.3, -0.25) is 9.67 Å². The molecule has 6 nitrogen and oxygen atoms in total. The normalized spacial score (nSPS) is 10.6. The summed E-state index contributed by atoms with van der Waals surface area (Å²) in [5, 5.41) is 7.69. The molecule has 0 radical (unpaired) electrons. The number of aromatic nitrogens is 4. The molecule has 0 aliphatic carbocycles. The van der Waals surface area contributed by atoms with Gasteiger partial charge in [0.05, 0.1) is 25.1 Å². The smallest absolute Gasteiger partial charge is 0.234 e. The minimum atomic E-state index is 0.464. The van der Waals surface area contributed by atoms with E-state index in [1.807, 2.05) is 65.6 Å². The predicted octanol–water partition coefficient (Wildman–Crippen LogP) is 3.91. The van der Waals surface area contributed by atoms with Crippen molar-refractivity contribution < 1.29 is 4.74 Å². The molecule has 0 aliphatic rings. The zero-order chi connectivity index (χ0) is 19.0. The summed E-state index contributed by atoms with van der Waals surface area (Å²) < 4.78 is 7.65. The number of ether oxygens (including phenoxy) is 1. The third-order valence-corrected chi connectivity index (χ3v) is 4.19. The molecule has 0 saturated heterocycles. The summed E-state index contributed by atoms with van der Waals surface area (Å²) in [5.41, 5.74) is 3.39. The SMILES string of the molecule is c1ccc(COc2cncc(NCc3cnn(Cc4ccccc4)c3)n2)cc1. The molecule has 6 heteroatoms. The fraction of sp³-hybridized carbons (Fsp3) is 0.136. The van der Waals surface area contributed by atoms with E-state index in [1.54, 1.807) is 12.4 Å². The Morgan fingerprint density at radius 1 is 0.821 bits per heavy atom. The van der Waals surface area contributed by atoms with Crippen molar-refractivity contribution in [2.75, 3.05) is 5.32 Å². The standard InChI is InChI=1S/C22H21N5O/c1-3-7-18(8-4-1)15-27-16-20(12-25-27)11-24-21-13-23-14-22(26-21)28-17-19-9-5-2-6-10-19/h1-10,12-14,16H,11,15,17H2,(H,24,26). The highest BCUT2D eigenvalue weighted by Crippen LogP contribution is 2.13. The Morgan fingerprint density at radius 3 is 2.36 bits per heavy atom. The van der Waals surface area contributed by atoms with Gasteiger partial charge in [0.25, 0.3) is 0 Å². The van der Waals surface area contributed by atoms with Gasteiger partial charge >= 0.3 is 0 Å². The molecular formula is C22H21N5O. The number of hydrogen-bond acceptors (Lipinski definition) is 5. The van der Waals surface area contributed by atoms with Crippen molar-refractivity contribution in [2.24, 2.45) is 0 Å². The molecular weight excluding hydrogens is 350 g/mol. The van der Waals surface area contributed by atoms with E-state index in [0.717, 1.165) is 17.7 Å². The lowest BCUT2D eigenvalue weighted by Crippen LogP contribution is -2.04. The Hall–Kier alpha value is -3.67. The first-order valence-electron chi connectivity index (χ1n) is 9.13. The molecule has 4 rings (SSSR count). The third-order valence-electron chi connectivity index (χ3n) is 4.19. The van der Waals surface area contributed by atoms with Crippen molar-refractivity contribution in [3.8, 4) is 5.88 Å². The summed E-state index contributed by atoms with van der Waals surface area (Å²) in [4.78, 5) is 8.65. The summed E-state index contributed by atoms with van der Waals surface area (Å²) in [6.45, 7) is 1.83. The highest BCUT2D eigenvalue weighted by molar-refractivity contribution is 5.34. The molecule has 0 unspecified atom stereocenters. The van der Waals surface area contributed by atoms with Crippen molar-refractivity contribution in [2.45, 2.75) is 19.7 Å². The van der Waals surface area contributed by atoms with E-state index in [9.17, 15) is 0 Å². The molecule has 2 heterocycles. The second-order valence-electron chi connectivity index (χ2n) is 6.40. The van der Waals surface area contributed by atoms with Crippen LogP contribution in [0.3, 0.4) is 0 Å². The number of benzene rings is 2. The van der Waals surface area contributed by atoms with Crippen LogP contribution in [-0.4, -0.2) is 19.7 Å². The molecule has 0 atom stereocenters. The van der Waals surface area contributed by atoms with Crippen LogP contribution in [0.2, 0.25) is 0 Å². The molecule has 0 saturated carbocycles. The average Bonchev–Trinajstić information content (AvgIpc) is 3.20. The Morgan fingerprint density at radius 2 is 1.57 bits per heavy atom. The van der Waals surface area contributed by atoms with Gasteiger partial charge < -0.3 is 10.1 Å². The van der Waals surface area contributed by atoms with Crippen molar-refractivity contribution in [1.82, 2.24) is 19.7 Å². The van der Waals surface area contributed by atoms with E-state index in [1.165, 1.54) is 5.56 Å². The summed E-state index contributed by atoms with van der Waals surface area (Å²) >= 11 is 0. The first-order chi connectivity index (χ1) is 13.8. The summed E-state index contributed by atoms with van der Waals surface area (Å²) in [5.74, 6) is 1.16. The van der Waals surface area contributed by atoms with Crippen LogP contribution in [0.15, 0.2) is 85.5 Å². The Bertz CT molecular complexity index is 1000. The fourth-order valence-electron chi connectivity index (χ4n) is 2.78. The zero-order valence-electron chi connectivity index (χ0n) is 15.4. The minimum absolute atomic E-state index is 0.464. The molecule has 0 fully saturated rings. The van der Waals surface area contributed by atoms with Gasteiger partial charge in [-0.05, 0) is 11.1 Å². The van der Waals surface area contributed by atoms with Crippen LogP contribution in [0.1, 0.15) is 16.7 Å². The van der Waals surface area contributed by atoms with Crippen LogP contribution < -0.4 is 10.1 Å². The zero-order valence-corrected chi connectivity index (χ0v) is 15.4. The van der Waals surface area contributed by atoms with Gasteiger partial charge in [0.2, 0.25) is 5.88 Å². The molecule has 2 aromatic heterocycles. The molecule has 28 heavy (non-hydrogen) atoms. The van der Waals surface area contributed by atoms with Gasteiger partial charge in [0.1, 0.15) is 12.4 Å². The van der Waals surface area contributed by atoms with Crippen LogP contribution in [0, 0.1) is 0 Å². The Labute approximate surface area is 163 Å². The molecule has 0 amide bonds. The van der Waals surface area contributed by atoms with Crippen LogP contribution >= 0.6 is 0 Å². The summed E-state index contributed by atoms with van der Waals surface area (Å²) in [6, 6.07) is 20.3. The van der Waals surface area contributed by atoms with Crippen LogP contribution in [0.4, 0.5) is 5.82 Å². The lowest BCUT2D eigenvalue weighted by Gasteiger charge is -2.07. The summed E-state index contributed by atoms with van der Waals surface area (Å²) in [7, 11) is 0. The van der Waals surface area contributed by atoms with E-state index in [-0.39, 0.29) is 0 Å². The van der Waals surface area contributed by atoms with Crippen LogP contribution in [-0.2, 0) is 19.7 Å². The molecule has 4 aromatic rings. The predicted molar refractivity (Wildman–Crippen MR) is 108 cm³/mol. The van der Waals surface area contributed by atoms with E-state index in [0.29, 0.717) is 24.8 Å². The molecule has 140 valence electrons. The molecule has 0 aliphatic heterocycles. The molecule has 1 N–H and O–H groups in total. The third kappa shape index (κ3) is 4.94. The van der Waals surface area contributed by atoms with Crippen molar-refractivity contribution in [1.29, 1.82) is 0 Å². The largest absolute Gasteiger partial charge is 0.472 e. The lowest BCUT2D eigenvalue weighted by atomic mass is 10.2. The van der Waals surface area contributed by atoms with Crippen molar-refractivity contribution in [3.63, 3.8) is 0 Å². The average molecular weight is 371 g/mol. The Kier molecular flexibility index (Phi) is 5.58. The maximum Gasteiger partial charge on any atom is 0.234 e. The van der Waals surface area contributed by atoms with Gasteiger partial charge in [-0.25, -0.2) is 0 Å².